The Labute approximate surface area is 98.2 Å². The molecule has 1 saturated heterocycles. The first-order chi connectivity index (χ1) is 7.88. The van der Waals surface area contributed by atoms with Gasteiger partial charge in [0.05, 0.1) is 6.61 Å². The first-order valence-corrected chi connectivity index (χ1v) is 6.32. The molecule has 0 unspecified atom stereocenters. The molecule has 0 radical (unpaired) electrons. The van der Waals surface area contributed by atoms with Crippen LogP contribution in [0.3, 0.4) is 0 Å². The molecular weight excluding hydrogens is 198 g/mol. The quantitative estimate of drug-likeness (QED) is 0.754. The van der Waals surface area contributed by atoms with E-state index in [-0.39, 0.29) is 0 Å². The molecule has 1 aliphatic heterocycles. The molecule has 1 aliphatic rings. The standard InChI is InChI=1S/C14H21NO/c1-2-11-16-14-7-5-13(6-8-14)12-15-9-3-4-10-15/h5-8H,2-4,9-12H2,1H3. The summed E-state index contributed by atoms with van der Waals surface area (Å²) in [6.45, 7) is 6.55. The number of rotatable bonds is 5. The molecule has 1 fully saturated rings. The highest BCUT2D eigenvalue weighted by molar-refractivity contribution is 5.27. The van der Waals surface area contributed by atoms with Crippen molar-refractivity contribution in [3.8, 4) is 5.75 Å². The van der Waals surface area contributed by atoms with Gasteiger partial charge in [-0.25, -0.2) is 0 Å². The molecule has 1 aromatic rings. The van der Waals surface area contributed by atoms with E-state index < -0.39 is 0 Å². The summed E-state index contributed by atoms with van der Waals surface area (Å²) in [7, 11) is 0. The Morgan fingerprint density at radius 1 is 1.12 bits per heavy atom. The minimum absolute atomic E-state index is 0.811. The third-order valence-electron chi connectivity index (χ3n) is 3.00. The van der Waals surface area contributed by atoms with Crippen molar-refractivity contribution >= 4 is 0 Å². The lowest BCUT2D eigenvalue weighted by atomic mass is 10.2. The molecule has 0 saturated carbocycles. The monoisotopic (exact) mass is 219 g/mol. The van der Waals surface area contributed by atoms with Gasteiger partial charge >= 0.3 is 0 Å². The van der Waals surface area contributed by atoms with Crippen molar-refractivity contribution < 1.29 is 4.74 Å². The van der Waals surface area contributed by atoms with Gasteiger partial charge in [-0.15, -0.1) is 0 Å². The molecule has 2 rings (SSSR count). The Morgan fingerprint density at radius 3 is 2.44 bits per heavy atom. The van der Waals surface area contributed by atoms with Crippen LogP contribution < -0.4 is 4.74 Å². The summed E-state index contributed by atoms with van der Waals surface area (Å²) >= 11 is 0. The molecule has 2 nitrogen and oxygen atoms in total. The number of likely N-dealkylation sites (tertiary alicyclic amines) is 1. The fourth-order valence-corrected chi connectivity index (χ4v) is 2.11. The van der Waals surface area contributed by atoms with Crippen molar-refractivity contribution in [2.45, 2.75) is 32.7 Å². The number of hydrogen-bond acceptors (Lipinski definition) is 2. The van der Waals surface area contributed by atoms with Gasteiger partial charge in [0.15, 0.2) is 0 Å². The maximum absolute atomic E-state index is 5.57. The lowest BCUT2D eigenvalue weighted by Crippen LogP contribution is -2.18. The van der Waals surface area contributed by atoms with E-state index in [4.69, 9.17) is 4.74 Å². The van der Waals surface area contributed by atoms with Gasteiger partial charge in [0.25, 0.3) is 0 Å². The van der Waals surface area contributed by atoms with Crippen LogP contribution in [0.25, 0.3) is 0 Å². The number of benzene rings is 1. The molecule has 88 valence electrons. The highest BCUT2D eigenvalue weighted by Gasteiger charge is 2.11. The highest BCUT2D eigenvalue weighted by atomic mass is 16.5. The minimum Gasteiger partial charge on any atom is -0.494 e. The average molecular weight is 219 g/mol. The van der Waals surface area contributed by atoms with E-state index in [1.807, 2.05) is 0 Å². The first kappa shape index (κ1) is 11.5. The molecular formula is C14H21NO. The molecule has 0 N–H and O–H groups in total. The van der Waals surface area contributed by atoms with E-state index in [1.165, 1.54) is 31.5 Å². The van der Waals surface area contributed by atoms with Gasteiger partial charge in [0, 0.05) is 6.54 Å². The van der Waals surface area contributed by atoms with Crippen LogP contribution in [0.4, 0.5) is 0 Å². The van der Waals surface area contributed by atoms with E-state index in [0.29, 0.717) is 0 Å². The summed E-state index contributed by atoms with van der Waals surface area (Å²) in [6, 6.07) is 8.54. The smallest absolute Gasteiger partial charge is 0.119 e. The largest absolute Gasteiger partial charge is 0.494 e. The lowest BCUT2D eigenvalue weighted by Gasteiger charge is -2.14. The Balaban J connectivity index is 1.86. The van der Waals surface area contributed by atoms with Gasteiger partial charge in [-0.2, -0.15) is 0 Å². The molecule has 0 aromatic heterocycles. The van der Waals surface area contributed by atoms with Crippen LogP contribution in [0.1, 0.15) is 31.7 Å². The van der Waals surface area contributed by atoms with Crippen LogP contribution in [0.5, 0.6) is 5.75 Å². The average Bonchev–Trinajstić information content (AvgIpc) is 2.81. The molecule has 1 aromatic carbocycles. The van der Waals surface area contributed by atoms with Gasteiger partial charge in [-0.05, 0) is 50.0 Å². The second kappa shape index (κ2) is 5.90. The SMILES string of the molecule is CCCOc1ccc(CN2CCCC2)cc1. The van der Waals surface area contributed by atoms with Crippen LogP contribution in [0, 0.1) is 0 Å². The van der Waals surface area contributed by atoms with Crippen molar-refractivity contribution in [2.75, 3.05) is 19.7 Å². The van der Waals surface area contributed by atoms with E-state index in [1.54, 1.807) is 0 Å². The predicted molar refractivity (Wildman–Crippen MR) is 66.7 cm³/mol. The van der Waals surface area contributed by atoms with Gasteiger partial charge in [0.1, 0.15) is 5.75 Å². The number of hydrogen-bond donors (Lipinski definition) is 0. The van der Waals surface area contributed by atoms with Gasteiger partial charge in [-0.1, -0.05) is 19.1 Å². The van der Waals surface area contributed by atoms with Crippen molar-refractivity contribution in [3.05, 3.63) is 29.8 Å². The third-order valence-corrected chi connectivity index (χ3v) is 3.00. The van der Waals surface area contributed by atoms with E-state index in [0.717, 1.165) is 25.3 Å². The van der Waals surface area contributed by atoms with E-state index in [9.17, 15) is 0 Å². The summed E-state index contributed by atoms with van der Waals surface area (Å²) in [6.07, 6.45) is 3.78. The van der Waals surface area contributed by atoms with Crippen molar-refractivity contribution in [1.29, 1.82) is 0 Å². The molecule has 1 heterocycles. The Morgan fingerprint density at radius 2 is 1.81 bits per heavy atom. The fraction of sp³-hybridized carbons (Fsp3) is 0.571. The topological polar surface area (TPSA) is 12.5 Å². The van der Waals surface area contributed by atoms with Crippen LogP contribution in [0.2, 0.25) is 0 Å². The van der Waals surface area contributed by atoms with Crippen molar-refractivity contribution in [2.24, 2.45) is 0 Å². The number of ether oxygens (including phenoxy) is 1. The Kier molecular flexibility index (Phi) is 4.23. The molecule has 0 bridgehead atoms. The molecule has 2 heteroatoms. The lowest BCUT2D eigenvalue weighted by molar-refractivity contribution is 0.316. The van der Waals surface area contributed by atoms with Crippen LogP contribution >= 0.6 is 0 Å². The highest BCUT2D eigenvalue weighted by Crippen LogP contribution is 2.16. The van der Waals surface area contributed by atoms with Crippen LogP contribution in [-0.2, 0) is 6.54 Å². The van der Waals surface area contributed by atoms with Crippen molar-refractivity contribution in [1.82, 2.24) is 4.90 Å². The molecule has 0 atom stereocenters. The van der Waals surface area contributed by atoms with Crippen molar-refractivity contribution in [3.63, 3.8) is 0 Å². The minimum atomic E-state index is 0.811. The zero-order valence-corrected chi connectivity index (χ0v) is 10.1. The molecule has 16 heavy (non-hydrogen) atoms. The van der Waals surface area contributed by atoms with Crippen LogP contribution in [0.15, 0.2) is 24.3 Å². The summed E-state index contributed by atoms with van der Waals surface area (Å²) < 4.78 is 5.57. The molecule has 0 aliphatic carbocycles. The van der Waals surface area contributed by atoms with Gasteiger partial charge in [0.2, 0.25) is 0 Å². The molecule has 0 amide bonds. The number of nitrogens with zero attached hydrogens (tertiary/aromatic N) is 1. The summed E-state index contributed by atoms with van der Waals surface area (Å²) in [5.74, 6) is 0.993. The second-order valence-electron chi connectivity index (χ2n) is 4.48. The second-order valence-corrected chi connectivity index (χ2v) is 4.48. The predicted octanol–water partition coefficient (Wildman–Crippen LogP) is 3.07. The maximum atomic E-state index is 5.57. The zero-order valence-electron chi connectivity index (χ0n) is 10.1. The van der Waals surface area contributed by atoms with E-state index >= 15 is 0 Å². The third kappa shape index (κ3) is 3.24. The Hall–Kier alpha value is -1.02. The zero-order chi connectivity index (χ0) is 11.2. The maximum Gasteiger partial charge on any atom is 0.119 e. The summed E-state index contributed by atoms with van der Waals surface area (Å²) in [5, 5.41) is 0. The van der Waals surface area contributed by atoms with E-state index in [2.05, 4.69) is 36.1 Å². The normalized spacial score (nSPS) is 16.6. The van der Waals surface area contributed by atoms with Crippen LogP contribution in [-0.4, -0.2) is 24.6 Å². The van der Waals surface area contributed by atoms with Gasteiger partial charge in [-0.3, -0.25) is 4.90 Å². The Bertz CT molecular complexity index is 301. The molecule has 0 spiro atoms. The fourth-order valence-electron chi connectivity index (χ4n) is 2.11. The van der Waals surface area contributed by atoms with Gasteiger partial charge < -0.3 is 4.74 Å². The summed E-state index contributed by atoms with van der Waals surface area (Å²) in [5.41, 5.74) is 1.39. The first-order valence-electron chi connectivity index (χ1n) is 6.32. The summed E-state index contributed by atoms with van der Waals surface area (Å²) in [4.78, 5) is 2.52.